The largest absolute Gasteiger partial charge is 0.480 e. The number of ether oxygens (including phenoxy) is 1. The number of methoxy groups -OCH3 is 1. The number of carboxylic acids is 1. The number of carbonyl (C=O) groups excluding carboxylic acids is 1. The second-order valence-electron chi connectivity index (χ2n) is 4.75. The molecule has 1 unspecified atom stereocenters. The smallest absolute Gasteiger partial charge is 0.374 e. The molecule has 0 radical (unpaired) electrons. The molecule has 1 rings (SSSR count). The van der Waals surface area contributed by atoms with Crippen molar-refractivity contribution >= 4 is 22.0 Å². The van der Waals surface area contributed by atoms with Gasteiger partial charge in [-0.15, -0.1) is 0 Å². The molecule has 0 saturated heterocycles. The number of esters is 1. The SMILES string of the molecule is COC(=O)c1ccc(S(=O)(=O)NC(CC(C)C)C(=O)O)o1. The highest BCUT2D eigenvalue weighted by molar-refractivity contribution is 7.89. The lowest BCUT2D eigenvalue weighted by Gasteiger charge is -2.15. The maximum absolute atomic E-state index is 12.0. The van der Waals surface area contributed by atoms with E-state index in [1.165, 1.54) is 0 Å². The van der Waals surface area contributed by atoms with Crippen molar-refractivity contribution in [1.29, 1.82) is 0 Å². The molecule has 0 fully saturated rings. The van der Waals surface area contributed by atoms with Crippen LogP contribution >= 0.6 is 0 Å². The summed E-state index contributed by atoms with van der Waals surface area (Å²) in [6.45, 7) is 3.54. The van der Waals surface area contributed by atoms with E-state index in [1.54, 1.807) is 13.8 Å². The average Bonchev–Trinajstić information content (AvgIpc) is 2.86. The molecule has 1 aromatic heterocycles. The Morgan fingerprint density at radius 2 is 2.00 bits per heavy atom. The molecule has 118 valence electrons. The fraction of sp³-hybridized carbons (Fsp3) is 0.500. The lowest BCUT2D eigenvalue weighted by atomic mass is 10.1. The number of aliphatic carboxylic acids is 1. The van der Waals surface area contributed by atoms with Crippen LogP contribution in [0.5, 0.6) is 0 Å². The van der Waals surface area contributed by atoms with Gasteiger partial charge >= 0.3 is 11.9 Å². The molecule has 1 aromatic rings. The van der Waals surface area contributed by atoms with Crippen molar-refractivity contribution in [2.75, 3.05) is 7.11 Å². The third-order valence-corrected chi connectivity index (χ3v) is 3.88. The summed E-state index contributed by atoms with van der Waals surface area (Å²) in [5.74, 6) is -2.41. The number of carbonyl (C=O) groups is 2. The highest BCUT2D eigenvalue weighted by Gasteiger charge is 2.29. The predicted molar refractivity (Wildman–Crippen MR) is 71.2 cm³/mol. The Morgan fingerprint density at radius 1 is 1.38 bits per heavy atom. The molecule has 1 heterocycles. The Morgan fingerprint density at radius 3 is 2.48 bits per heavy atom. The zero-order valence-electron chi connectivity index (χ0n) is 11.8. The van der Waals surface area contributed by atoms with Gasteiger partial charge in [0.25, 0.3) is 10.0 Å². The molecule has 0 spiro atoms. The van der Waals surface area contributed by atoms with E-state index in [4.69, 9.17) is 9.52 Å². The lowest BCUT2D eigenvalue weighted by Crippen LogP contribution is -2.41. The van der Waals surface area contributed by atoms with Crippen LogP contribution in [0.1, 0.15) is 30.8 Å². The van der Waals surface area contributed by atoms with E-state index in [9.17, 15) is 18.0 Å². The zero-order chi connectivity index (χ0) is 16.2. The maximum Gasteiger partial charge on any atom is 0.374 e. The highest BCUT2D eigenvalue weighted by atomic mass is 32.2. The van der Waals surface area contributed by atoms with Gasteiger partial charge in [0.1, 0.15) is 6.04 Å². The second kappa shape index (κ2) is 6.72. The summed E-state index contributed by atoms with van der Waals surface area (Å²) in [6, 6.07) is 0.920. The summed E-state index contributed by atoms with van der Waals surface area (Å²) in [5.41, 5.74) is 0. The minimum Gasteiger partial charge on any atom is -0.480 e. The van der Waals surface area contributed by atoms with Crippen molar-refractivity contribution in [2.24, 2.45) is 5.92 Å². The molecule has 0 aromatic carbocycles. The number of rotatable bonds is 7. The first kappa shape index (κ1) is 17.2. The third-order valence-electron chi connectivity index (χ3n) is 2.54. The molecular formula is C12H17NO7S. The van der Waals surface area contributed by atoms with Crippen LogP contribution < -0.4 is 4.72 Å². The molecule has 8 nitrogen and oxygen atoms in total. The average molecular weight is 319 g/mol. The van der Waals surface area contributed by atoms with Crippen molar-refractivity contribution in [3.63, 3.8) is 0 Å². The first-order valence-corrected chi connectivity index (χ1v) is 7.59. The van der Waals surface area contributed by atoms with Crippen LogP contribution in [0.3, 0.4) is 0 Å². The Balaban J connectivity index is 2.97. The number of sulfonamides is 1. The number of hydrogen-bond donors (Lipinski definition) is 2. The minimum absolute atomic E-state index is 0.0176. The molecule has 0 aliphatic rings. The fourth-order valence-corrected chi connectivity index (χ4v) is 2.73. The van der Waals surface area contributed by atoms with E-state index >= 15 is 0 Å². The number of nitrogens with one attached hydrogen (secondary N) is 1. The molecular weight excluding hydrogens is 302 g/mol. The molecule has 9 heteroatoms. The summed E-state index contributed by atoms with van der Waals surface area (Å²) < 4.78 is 35.4. The molecule has 0 aliphatic heterocycles. The summed E-state index contributed by atoms with van der Waals surface area (Å²) in [4.78, 5) is 22.3. The van der Waals surface area contributed by atoms with Crippen molar-refractivity contribution < 1.29 is 32.3 Å². The second-order valence-corrected chi connectivity index (χ2v) is 6.40. The summed E-state index contributed by atoms with van der Waals surface area (Å²) in [5, 5.41) is 8.49. The van der Waals surface area contributed by atoms with Crippen LogP contribution in [0.2, 0.25) is 0 Å². The van der Waals surface area contributed by atoms with Gasteiger partial charge in [0.2, 0.25) is 10.9 Å². The van der Waals surface area contributed by atoms with Gasteiger partial charge in [-0.2, -0.15) is 4.72 Å². The van der Waals surface area contributed by atoms with E-state index in [2.05, 4.69) is 4.74 Å². The van der Waals surface area contributed by atoms with Crippen molar-refractivity contribution in [3.05, 3.63) is 17.9 Å². The predicted octanol–water partition coefficient (Wildman–Crippen LogP) is 0.844. The minimum atomic E-state index is -4.18. The Hall–Kier alpha value is -1.87. The zero-order valence-corrected chi connectivity index (χ0v) is 12.6. The van der Waals surface area contributed by atoms with Gasteiger partial charge in [-0.3, -0.25) is 4.79 Å². The van der Waals surface area contributed by atoms with Crippen molar-refractivity contribution in [1.82, 2.24) is 4.72 Å². The van der Waals surface area contributed by atoms with Crippen LogP contribution in [0.25, 0.3) is 0 Å². The van der Waals surface area contributed by atoms with Gasteiger partial charge in [-0.05, 0) is 24.5 Å². The van der Waals surface area contributed by atoms with Crippen LogP contribution in [0, 0.1) is 5.92 Å². The van der Waals surface area contributed by atoms with Crippen LogP contribution in [-0.2, 0) is 19.6 Å². The first-order valence-electron chi connectivity index (χ1n) is 6.10. The van der Waals surface area contributed by atoms with E-state index in [0.29, 0.717) is 0 Å². The number of hydrogen-bond acceptors (Lipinski definition) is 6. The molecule has 0 bridgehead atoms. The maximum atomic E-state index is 12.0. The van der Waals surface area contributed by atoms with Gasteiger partial charge in [-0.1, -0.05) is 13.8 Å². The normalized spacial score (nSPS) is 13.1. The summed E-state index contributed by atoms with van der Waals surface area (Å²) in [6.07, 6.45) is 0.124. The Kier molecular flexibility index (Phi) is 5.50. The third kappa shape index (κ3) is 4.57. The standard InChI is InChI=1S/C12H17NO7S/c1-7(2)6-8(11(14)15)13-21(17,18)10-5-4-9(20-10)12(16)19-3/h4-5,7-8,13H,6H2,1-3H3,(H,14,15). The van der Waals surface area contributed by atoms with E-state index in [0.717, 1.165) is 19.2 Å². The highest BCUT2D eigenvalue weighted by Crippen LogP contribution is 2.16. The Labute approximate surface area is 122 Å². The van der Waals surface area contributed by atoms with E-state index in [1.807, 2.05) is 4.72 Å². The topological polar surface area (TPSA) is 123 Å². The van der Waals surface area contributed by atoms with E-state index in [-0.39, 0.29) is 18.1 Å². The summed E-state index contributed by atoms with van der Waals surface area (Å²) >= 11 is 0. The van der Waals surface area contributed by atoms with Crippen LogP contribution in [-0.4, -0.2) is 38.6 Å². The van der Waals surface area contributed by atoms with Crippen LogP contribution in [0.4, 0.5) is 0 Å². The van der Waals surface area contributed by atoms with Crippen molar-refractivity contribution in [2.45, 2.75) is 31.4 Å². The summed E-state index contributed by atoms with van der Waals surface area (Å²) in [7, 11) is -3.05. The van der Waals surface area contributed by atoms with Gasteiger partial charge in [0, 0.05) is 0 Å². The number of carboxylic acid groups (broad SMARTS) is 1. The molecule has 0 aliphatic carbocycles. The van der Waals surface area contributed by atoms with E-state index < -0.39 is 33.1 Å². The monoisotopic (exact) mass is 319 g/mol. The molecule has 21 heavy (non-hydrogen) atoms. The Bertz CT molecular complexity index is 617. The van der Waals surface area contributed by atoms with Gasteiger partial charge < -0.3 is 14.3 Å². The molecule has 1 atom stereocenters. The molecule has 0 amide bonds. The van der Waals surface area contributed by atoms with Crippen molar-refractivity contribution in [3.8, 4) is 0 Å². The van der Waals surface area contributed by atoms with Gasteiger partial charge in [0.15, 0.2) is 0 Å². The number of furan rings is 1. The van der Waals surface area contributed by atoms with Gasteiger partial charge in [0.05, 0.1) is 7.11 Å². The van der Waals surface area contributed by atoms with Gasteiger partial charge in [-0.25, -0.2) is 13.2 Å². The molecule has 2 N–H and O–H groups in total. The quantitative estimate of drug-likeness (QED) is 0.714. The fourth-order valence-electron chi connectivity index (χ4n) is 1.59. The first-order chi connectivity index (χ1) is 9.67. The van der Waals surface area contributed by atoms with Crippen LogP contribution in [0.15, 0.2) is 21.6 Å². The molecule has 0 saturated carbocycles. The lowest BCUT2D eigenvalue weighted by molar-refractivity contribution is -0.139.